The number of benzene rings is 2. The molecule has 0 radical (unpaired) electrons. The summed E-state index contributed by atoms with van der Waals surface area (Å²) >= 11 is 1.43. The SMILES string of the molecule is CCC(C)N(Cc1ccccc1)C(=O)c1csc(-c2cccc(OC)c2OC)n1. The Morgan fingerprint density at radius 3 is 2.52 bits per heavy atom. The van der Waals surface area contributed by atoms with E-state index in [1.807, 2.05) is 58.8 Å². The molecule has 0 aliphatic rings. The van der Waals surface area contributed by atoms with Crippen LogP contribution in [-0.4, -0.2) is 36.1 Å². The van der Waals surface area contributed by atoms with E-state index in [1.165, 1.54) is 11.3 Å². The minimum Gasteiger partial charge on any atom is -0.493 e. The molecule has 0 fully saturated rings. The monoisotopic (exact) mass is 410 g/mol. The Labute approximate surface area is 175 Å². The highest BCUT2D eigenvalue weighted by atomic mass is 32.1. The van der Waals surface area contributed by atoms with Gasteiger partial charge < -0.3 is 14.4 Å². The van der Waals surface area contributed by atoms with Gasteiger partial charge in [-0.15, -0.1) is 11.3 Å². The van der Waals surface area contributed by atoms with Gasteiger partial charge in [0.25, 0.3) is 5.91 Å². The largest absolute Gasteiger partial charge is 0.493 e. The predicted octanol–water partition coefficient (Wildman–Crippen LogP) is 5.27. The van der Waals surface area contributed by atoms with Gasteiger partial charge in [-0.3, -0.25) is 4.79 Å². The van der Waals surface area contributed by atoms with Gasteiger partial charge in [-0.05, 0) is 31.0 Å². The topological polar surface area (TPSA) is 51.7 Å². The van der Waals surface area contributed by atoms with Gasteiger partial charge in [-0.2, -0.15) is 0 Å². The number of ether oxygens (including phenoxy) is 2. The lowest BCUT2D eigenvalue weighted by molar-refractivity contribution is 0.0666. The lowest BCUT2D eigenvalue weighted by atomic mass is 10.1. The summed E-state index contributed by atoms with van der Waals surface area (Å²) in [5, 5.41) is 2.55. The number of nitrogens with zero attached hydrogens (tertiary/aromatic N) is 2. The van der Waals surface area contributed by atoms with Crippen molar-refractivity contribution in [2.75, 3.05) is 14.2 Å². The Balaban J connectivity index is 1.91. The van der Waals surface area contributed by atoms with Crippen molar-refractivity contribution in [3.63, 3.8) is 0 Å². The van der Waals surface area contributed by atoms with Crippen LogP contribution in [-0.2, 0) is 6.54 Å². The summed E-state index contributed by atoms with van der Waals surface area (Å²) < 4.78 is 10.9. The number of amides is 1. The molecule has 3 rings (SSSR count). The van der Waals surface area contributed by atoms with E-state index in [0.717, 1.165) is 22.6 Å². The van der Waals surface area contributed by atoms with E-state index in [0.29, 0.717) is 23.7 Å². The van der Waals surface area contributed by atoms with Crippen molar-refractivity contribution in [3.05, 3.63) is 65.2 Å². The number of hydrogen-bond acceptors (Lipinski definition) is 5. The number of aromatic nitrogens is 1. The lowest BCUT2D eigenvalue weighted by Gasteiger charge is -2.28. The smallest absolute Gasteiger partial charge is 0.273 e. The van der Waals surface area contributed by atoms with Crippen LogP contribution in [0.1, 0.15) is 36.3 Å². The zero-order chi connectivity index (χ0) is 20.8. The van der Waals surface area contributed by atoms with Crippen LogP contribution < -0.4 is 9.47 Å². The van der Waals surface area contributed by atoms with Gasteiger partial charge in [0.05, 0.1) is 19.8 Å². The van der Waals surface area contributed by atoms with E-state index in [4.69, 9.17) is 9.47 Å². The molecule has 5 nitrogen and oxygen atoms in total. The fourth-order valence-electron chi connectivity index (χ4n) is 3.13. The van der Waals surface area contributed by atoms with E-state index >= 15 is 0 Å². The molecule has 0 bridgehead atoms. The molecule has 0 saturated carbocycles. The fourth-order valence-corrected chi connectivity index (χ4v) is 3.94. The number of carbonyl (C=O) groups excluding carboxylic acids is 1. The Morgan fingerprint density at radius 1 is 1.10 bits per heavy atom. The van der Waals surface area contributed by atoms with E-state index in [-0.39, 0.29) is 11.9 Å². The van der Waals surface area contributed by atoms with Crippen molar-refractivity contribution >= 4 is 17.2 Å². The van der Waals surface area contributed by atoms with Crippen LogP contribution in [0.4, 0.5) is 0 Å². The minimum absolute atomic E-state index is 0.0624. The summed E-state index contributed by atoms with van der Waals surface area (Å²) in [6.45, 7) is 4.72. The number of para-hydroxylation sites is 1. The van der Waals surface area contributed by atoms with Crippen molar-refractivity contribution < 1.29 is 14.3 Å². The standard InChI is InChI=1S/C23H26N2O3S/c1-5-16(2)25(14-17-10-7-6-8-11-17)23(26)19-15-29-22(24-19)18-12-9-13-20(27-3)21(18)28-4/h6-13,15-16H,5,14H2,1-4H3. The summed E-state index contributed by atoms with van der Waals surface area (Å²) in [6.07, 6.45) is 0.874. The number of hydrogen-bond donors (Lipinski definition) is 0. The zero-order valence-electron chi connectivity index (χ0n) is 17.2. The average Bonchev–Trinajstić information content (AvgIpc) is 3.26. The van der Waals surface area contributed by atoms with Crippen LogP contribution in [0.5, 0.6) is 11.5 Å². The van der Waals surface area contributed by atoms with E-state index < -0.39 is 0 Å². The first-order valence-electron chi connectivity index (χ1n) is 9.60. The summed E-state index contributed by atoms with van der Waals surface area (Å²) in [6, 6.07) is 15.8. The van der Waals surface area contributed by atoms with Gasteiger partial charge in [-0.1, -0.05) is 43.3 Å². The summed E-state index contributed by atoms with van der Waals surface area (Å²) in [7, 11) is 3.21. The van der Waals surface area contributed by atoms with Crippen molar-refractivity contribution in [3.8, 4) is 22.1 Å². The van der Waals surface area contributed by atoms with Gasteiger partial charge >= 0.3 is 0 Å². The van der Waals surface area contributed by atoms with Crippen molar-refractivity contribution in [1.82, 2.24) is 9.88 Å². The third-order valence-corrected chi connectivity index (χ3v) is 5.81. The fraction of sp³-hybridized carbons (Fsp3) is 0.304. The van der Waals surface area contributed by atoms with Gasteiger partial charge in [0.15, 0.2) is 11.5 Å². The van der Waals surface area contributed by atoms with Crippen molar-refractivity contribution in [1.29, 1.82) is 0 Å². The normalized spacial score (nSPS) is 11.7. The summed E-state index contributed by atoms with van der Waals surface area (Å²) in [5.74, 6) is 1.19. The molecule has 29 heavy (non-hydrogen) atoms. The third kappa shape index (κ3) is 4.59. The van der Waals surface area contributed by atoms with E-state index in [2.05, 4.69) is 18.8 Å². The Bertz CT molecular complexity index is 956. The maximum absolute atomic E-state index is 13.3. The molecule has 2 aromatic carbocycles. The molecule has 0 saturated heterocycles. The maximum atomic E-state index is 13.3. The molecule has 1 unspecified atom stereocenters. The Morgan fingerprint density at radius 2 is 1.86 bits per heavy atom. The van der Waals surface area contributed by atoms with Crippen LogP contribution in [0.25, 0.3) is 10.6 Å². The first-order valence-corrected chi connectivity index (χ1v) is 10.5. The predicted molar refractivity (Wildman–Crippen MR) is 117 cm³/mol. The molecular formula is C23H26N2O3S. The summed E-state index contributed by atoms with van der Waals surface area (Å²) in [5.41, 5.74) is 2.37. The van der Waals surface area contributed by atoms with E-state index in [9.17, 15) is 4.79 Å². The molecule has 1 amide bonds. The van der Waals surface area contributed by atoms with Crippen LogP contribution in [0, 0.1) is 0 Å². The van der Waals surface area contributed by atoms with Gasteiger partial charge in [-0.25, -0.2) is 4.98 Å². The highest BCUT2D eigenvalue weighted by Crippen LogP contribution is 2.39. The molecular weight excluding hydrogens is 384 g/mol. The molecule has 0 aliphatic heterocycles. The minimum atomic E-state index is -0.0624. The highest BCUT2D eigenvalue weighted by molar-refractivity contribution is 7.13. The quantitative estimate of drug-likeness (QED) is 0.508. The molecule has 3 aromatic rings. The van der Waals surface area contributed by atoms with Gasteiger partial charge in [0.1, 0.15) is 10.7 Å². The first-order chi connectivity index (χ1) is 14.1. The number of rotatable bonds is 8. The molecule has 0 aliphatic carbocycles. The number of thiazole rings is 1. The Hall–Kier alpha value is -2.86. The van der Waals surface area contributed by atoms with Crippen molar-refractivity contribution in [2.24, 2.45) is 0 Å². The maximum Gasteiger partial charge on any atom is 0.273 e. The molecule has 1 atom stereocenters. The second-order valence-electron chi connectivity index (χ2n) is 6.75. The first kappa shape index (κ1) is 20.9. The van der Waals surface area contributed by atoms with Crippen LogP contribution in [0.3, 0.4) is 0 Å². The second-order valence-corrected chi connectivity index (χ2v) is 7.61. The molecule has 6 heteroatoms. The molecule has 152 valence electrons. The van der Waals surface area contributed by atoms with Crippen molar-refractivity contribution in [2.45, 2.75) is 32.9 Å². The summed E-state index contributed by atoms with van der Waals surface area (Å²) in [4.78, 5) is 19.8. The second kappa shape index (κ2) is 9.56. The average molecular weight is 411 g/mol. The number of methoxy groups -OCH3 is 2. The van der Waals surface area contributed by atoms with Crippen LogP contribution in [0.2, 0.25) is 0 Å². The molecule has 0 N–H and O–H groups in total. The molecule has 0 spiro atoms. The van der Waals surface area contributed by atoms with Gasteiger partial charge in [0.2, 0.25) is 0 Å². The highest BCUT2D eigenvalue weighted by Gasteiger charge is 2.24. The Kier molecular flexibility index (Phi) is 6.88. The number of carbonyl (C=O) groups is 1. The van der Waals surface area contributed by atoms with Crippen LogP contribution >= 0.6 is 11.3 Å². The third-order valence-electron chi connectivity index (χ3n) is 4.94. The van der Waals surface area contributed by atoms with Crippen LogP contribution in [0.15, 0.2) is 53.9 Å². The molecule has 1 aromatic heterocycles. The lowest BCUT2D eigenvalue weighted by Crippen LogP contribution is -2.38. The zero-order valence-corrected chi connectivity index (χ0v) is 18.0. The molecule has 1 heterocycles. The van der Waals surface area contributed by atoms with E-state index in [1.54, 1.807) is 14.2 Å². The van der Waals surface area contributed by atoms with Gasteiger partial charge in [0, 0.05) is 18.0 Å².